The number of likely N-dealkylation sites (tertiary alicyclic amines) is 1. The van der Waals surface area contributed by atoms with E-state index in [1.165, 1.54) is 26.2 Å². The molecule has 2 aromatic carbocycles. The fourth-order valence-electron chi connectivity index (χ4n) is 4.25. The Morgan fingerprint density at radius 3 is 2.21 bits per heavy atom. The van der Waals surface area contributed by atoms with Crippen molar-refractivity contribution in [3.63, 3.8) is 0 Å². The zero-order valence-electron chi connectivity index (χ0n) is 20.3. The summed E-state index contributed by atoms with van der Waals surface area (Å²) in [5.41, 5.74) is 0.992. The van der Waals surface area contributed by atoms with Crippen molar-refractivity contribution in [3.8, 4) is 17.2 Å². The first-order valence-corrected chi connectivity index (χ1v) is 11.3. The van der Waals surface area contributed by atoms with Crippen molar-refractivity contribution in [2.24, 2.45) is 0 Å². The largest absolute Gasteiger partial charge is 0.507 e. The van der Waals surface area contributed by atoms with Gasteiger partial charge in [0, 0.05) is 13.1 Å². The molecule has 8 nitrogen and oxygen atoms in total. The van der Waals surface area contributed by atoms with Gasteiger partial charge in [0.1, 0.15) is 11.5 Å². The summed E-state index contributed by atoms with van der Waals surface area (Å²) >= 11 is 0. The minimum atomic E-state index is -0.791. The highest BCUT2D eigenvalue weighted by molar-refractivity contribution is 6.46. The number of ether oxygens (including phenoxy) is 3. The Hall–Kier alpha value is -3.52. The van der Waals surface area contributed by atoms with E-state index in [4.69, 9.17) is 14.2 Å². The molecule has 1 saturated heterocycles. The summed E-state index contributed by atoms with van der Waals surface area (Å²) in [6, 6.07) is 11.3. The third-order valence-corrected chi connectivity index (χ3v) is 6.18. The Bertz CT molecular complexity index is 1080. The summed E-state index contributed by atoms with van der Waals surface area (Å²) in [7, 11) is 4.55. The number of hydrogen-bond acceptors (Lipinski definition) is 7. The van der Waals surface area contributed by atoms with Gasteiger partial charge >= 0.3 is 0 Å². The Morgan fingerprint density at radius 1 is 0.941 bits per heavy atom. The number of carbonyl (C=O) groups is 2. The molecule has 1 heterocycles. The lowest BCUT2D eigenvalue weighted by molar-refractivity contribution is -0.140. The van der Waals surface area contributed by atoms with Gasteiger partial charge < -0.3 is 29.1 Å². The monoisotopic (exact) mass is 468 g/mol. The van der Waals surface area contributed by atoms with Crippen molar-refractivity contribution in [3.05, 3.63) is 59.2 Å². The number of aliphatic hydroxyl groups excluding tert-OH is 1. The van der Waals surface area contributed by atoms with Crippen LogP contribution in [0.3, 0.4) is 0 Å². The molecule has 1 N–H and O–H groups in total. The fraction of sp³-hybridized carbons (Fsp3) is 0.385. The highest BCUT2D eigenvalue weighted by Crippen LogP contribution is 2.42. The molecule has 8 heteroatoms. The van der Waals surface area contributed by atoms with Gasteiger partial charge in [0.25, 0.3) is 11.7 Å². The quantitative estimate of drug-likeness (QED) is 0.324. The minimum absolute atomic E-state index is 0.0151. The van der Waals surface area contributed by atoms with E-state index in [9.17, 15) is 14.7 Å². The highest BCUT2D eigenvalue weighted by Gasteiger charge is 2.46. The van der Waals surface area contributed by atoms with Crippen LogP contribution in [0.5, 0.6) is 17.2 Å². The Morgan fingerprint density at radius 2 is 1.59 bits per heavy atom. The summed E-state index contributed by atoms with van der Waals surface area (Å²) in [4.78, 5) is 30.1. The number of para-hydroxylation sites is 1. The maximum atomic E-state index is 13.3. The minimum Gasteiger partial charge on any atom is -0.507 e. The number of Topliss-reactive ketones (excluding diaryl/α,β-unsaturated/α-hetero) is 1. The predicted octanol–water partition coefficient (Wildman–Crippen LogP) is 3.48. The molecule has 0 aromatic heterocycles. The number of methoxy groups -OCH3 is 3. The van der Waals surface area contributed by atoms with Crippen LogP contribution in [0.15, 0.2) is 48.0 Å². The normalized spacial score (nSPS) is 17.4. The molecule has 0 bridgehead atoms. The highest BCUT2D eigenvalue weighted by atomic mass is 16.5. The molecule has 0 saturated carbocycles. The van der Waals surface area contributed by atoms with Crippen LogP contribution >= 0.6 is 0 Å². The van der Waals surface area contributed by atoms with Gasteiger partial charge in [0.2, 0.25) is 0 Å². The van der Waals surface area contributed by atoms with Crippen molar-refractivity contribution >= 4 is 17.4 Å². The first-order chi connectivity index (χ1) is 16.4. The van der Waals surface area contributed by atoms with Crippen molar-refractivity contribution in [2.45, 2.75) is 19.9 Å². The van der Waals surface area contributed by atoms with Crippen LogP contribution in [-0.2, 0) is 9.59 Å². The van der Waals surface area contributed by atoms with Gasteiger partial charge in [0.05, 0.1) is 38.5 Å². The molecular formula is C26H32N2O6. The molecule has 1 aliphatic heterocycles. The van der Waals surface area contributed by atoms with E-state index in [1.807, 2.05) is 13.8 Å². The molecule has 0 aliphatic carbocycles. The molecule has 1 atom stereocenters. The molecule has 3 rings (SSSR count). The smallest absolute Gasteiger partial charge is 0.295 e. The average Bonchev–Trinajstić information content (AvgIpc) is 3.13. The Labute approximate surface area is 200 Å². The van der Waals surface area contributed by atoms with E-state index in [0.717, 1.165) is 13.1 Å². The lowest BCUT2D eigenvalue weighted by Gasteiger charge is -2.28. The van der Waals surface area contributed by atoms with Crippen LogP contribution in [-0.4, -0.2) is 74.1 Å². The number of carbonyl (C=O) groups excluding carboxylic acids is 2. The second kappa shape index (κ2) is 11.1. The van der Waals surface area contributed by atoms with Crippen LogP contribution in [0, 0.1) is 0 Å². The number of rotatable bonds is 10. The first-order valence-electron chi connectivity index (χ1n) is 11.3. The molecule has 1 fully saturated rings. The van der Waals surface area contributed by atoms with Crippen molar-refractivity contribution < 1.29 is 28.9 Å². The van der Waals surface area contributed by atoms with Crippen LogP contribution < -0.4 is 14.2 Å². The van der Waals surface area contributed by atoms with Crippen LogP contribution in [0.2, 0.25) is 0 Å². The standard InChI is InChI=1S/C26H32N2O6/c1-6-27(7-2)14-15-28-23(17-12-13-20(33-4)21(16-17)34-5)22(25(30)26(28)31)24(29)18-10-8-9-11-19(18)32-3/h8-13,16,23,29H,6-7,14-15H2,1-5H3/b24-22+. The third-order valence-electron chi connectivity index (χ3n) is 6.18. The van der Waals surface area contributed by atoms with Crippen LogP contribution in [0.1, 0.15) is 31.0 Å². The number of benzene rings is 2. The zero-order valence-corrected chi connectivity index (χ0v) is 20.3. The lowest BCUT2D eigenvalue weighted by Crippen LogP contribution is -2.38. The van der Waals surface area contributed by atoms with Crippen molar-refractivity contribution in [1.82, 2.24) is 9.80 Å². The van der Waals surface area contributed by atoms with Crippen molar-refractivity contribution in [1.29, 1.82) is 0 Å². The SMILES string of the molecule is CCN(CC)CCN1C(=O)C(=O)/C(=C(/O)c2ccccc2OC)C1c1ccc(OC)c(OC)c1. The van der Waals surface area contributed by atoms with Crippen LogP contribution in [0.25, 0.3) is 5.76 Å². The zero-order chi connectivity index (χ0) is 24.8. The number of amides is 1. The molecule has 1 aliphatic rings. The van der Waals surface area contributed by atoms with Gasteiger partial charge in [-0.05, 0) is 42.9 Å². The van der Waals surface area contributed by atoms with E-state index in [-0.39, 0.29) is 11.3 Å². The van der Waals surface area contributed by atoms with Gasteiger partial charge in [-0.1, -0.05) is 32.0 Å². The summed E-state index contributed by atoms with van der Waals surface area (Å²) in [5, 5.41) is 11.3. The van der Waals surface area contributed by atoms with E-state index in [0.29, 0.717) is 41.5 Å². The Kier molecular flexibility index (Phi) is 8.17. The van der Waals surface area contributed by atoms with E-state index >= 15 is 0 Å². The van der Waals surface area contributed by atoms with Gasteiger partial charge in [-0.25, -0.2) is 0 Å². The van der Waals surface area contributed by atoms with Crippen LogP contribution in [0.4, 0.5) is 0 Å². The molecule has 34 heavy (non-hydrogen) atoms. The maximum Gasteiger partial charge on any atom is 0.295 e. The average molecular weight is 469 g/mol. The second-order valence-electron chi connectivity index (χ2n) is 7.83. The van der Waals surface area contributed by atoms with E-state index < -0.39 is 17.7 Å². The number of nitrogens with zero attached hydrogens (tertiary/aromatic N) is 2. The third kappa shape index (κ3) is 4.72. The Balaban J connectivity index is 2.18. The summed E-state index contributed by atoms with van der Waals surface area (Å²) in [5.74, 6) is -0.268. The second-order valence-corrected chi connectivity index (χ2v) is 7.83. The number of likely N-dealkylation sites (N-methyl/N-ethyl adjacent to an activating group) is 1. The van der Waals surface area contributed by atoms with Crippen molar-refractivity contribution in [2.75, 3.05) is 47.5 Å². The number of aliphatic hydroxyl groups is 1. The van der Waals surface area contributed by atoms with E-state index in [2.05, 4.69) is 4.90 Å². The summed E-state index contributed by atoms with van der Waals surface area (Å²) in [6.07, 6.45) is 0. The molecule has 1 unspecified atom stereocenters. The molecule has 0 spiro atoms. The van der Waals surface area contributed by atoms with Gasteiger partial charge in [-0.3, -0.25) is 9.59 Å². The summed E-state index contributed by atoms with van der Waals surface area (Å²) in [6.45, 7) is 6.66. The van der Waals surface area contributed by atoms with Gasteiger partial charge in [0.15, 0.2) is 11.5 Å². The molecular weight excluding hydrogens is 436 g/mol. The predicted molar refractivity (Wildman–Crippen MR) is 129 cm³/mol. The number of ketones is 1. The molecule has 0 radical (unpaired) electrons. The molecule has 1 amide bonds. The van der Waals surface area contributed by atoms with E-state index in [1.54, 1.807) is 42.5 Å². The number of hydrogen-bond donors (Lipinski definition) is 1. The molecule has 182 valence electrons. The van der Waals surface area contributed by atoms with Gasteiger partial charge in [-0.2, -0.15) is 0 Å². The maximum absolute atomic E-state index is 13.3. The first kappa shape index (κ1) is 25.1. The molecule has 2 aromatic rings. The fourth-order valence-corrected chi connectivity index (χ4v) is 4.25. The summed E-state index contributed by atoms with van der Waals surface area (Å²) < 4.78 is 16.2. The topological polar surface area (TPSA) is 88.5 Å². The lowest BCUT2D eigenvalue weighted by atomic mass is 9.94. The van der Waals surface area contributed by atoms with Gasteiger partial charge in [-0.15, -0.1) is 0 Å².